The monoisotopic (exact) mass is 502 g/mol. The average Bonchev–Trinajstić information content (AvgIpc) is 3.48. The Morgan fingerprint density at radius 1 is 0.865 bits per heavy atom. The van der Waals surface area contributed by atoms with E-state index in [1.807, 2.05) is 41.3 Å². The normalized spacial score (nSPS) is 20.4. The lowest BCUT2D eigenvalue weighted by Gasteiger charge is -2.38. The Kier molecular flexibility index (Phi) is 8.14. The van der Waals surface area contributed by atoms with E-state index < -0.39 is 0 Å². The molecule has 0 bridgehead atoms. The summed E-state index contributed by atoms with van der Waals surface area (Å²) in [6.45, 7) is 5.84. The number of carbonyl (C=O) groups is 2. The third-order valence-corrected chi connectivity index (χ3v) is 8.09. The number of anilines is 1. The summed E-state index contributed by atoms with van der Waals surface area (Å²) in [5, 5.41) is 0. The van der Waals surface area contributed by atoms with Crippen molar-refractivity contribution >= 4 is 23.2 Å². The minimum Gasteiger partial charge on any atom is -0.384 e. The van der Waals surface area contributed by atoms with Gasteiger partial charge in [0, 0.05) is 57.1 Å². The molecule has 3 aliphatic rings. The standard InChI is InChI=1S/C29H38N6O2/c30-27-19-22(6-12-32-27)21-33-15-7-24(8-16-33)29(37)35-17-9-23(10-18-35)25(26-5-1-2-11-31-26)20-28(36)34-13-3-4-14-34/h1-2,5-6,11-12,19-20,23-24H,3-4,7-10,13-18,21H2,(H2,30,32)/b25-20-. The van der Waals surface area contributed by atoms with Crippen LogP contribution in [0.2, 0.25) is 0 Å². The zero-order chi connectivity index (χ0) is 25.6. The average molecular weight is 503 g/mol. The molecule has 3 saturated heterocycles. The van der Waals surface area contributed by atoms with Gasteiger partial charge in [-0.25, -0.2) is 4.98 Å². The molecule has 8 heteroatoms. The Balaban J connectivity index is 1.16. The van der Waals surface area contributed by atoms with Crippen LogP contribution in [0.4, 0.5) is 5.82 Å². The molecule has 37 heavy (non-hydrogen) atoms. The van der Waals surface area contributed by atoms with E-state index >= 15 is 0 Å². The zero-order valence-electron chi connectivity index (χ0n) is 21.6. The highest BCUT2D eigenvalue weighted by molar-refractivity contribution is 5.95. The van der Waals surface area contributed by atoms with E-state index in [-0.39, 0.29) is 17.7 Å². The molecule has 3 fully saturated rings. The highest BCUT2D eigenvalue weighted by Gasteiger charge is 2.32. The van der Waals surface area contributed by atoms with Crippen LogP contribution in [0.3, 0.4) is 0 Å². The maximum absolute atomic E-state index is 13.4. The van der Waals surface area contributed by atoms with Gasteiger partial charge in [-0.2, -0.15) is 0 Å². The van der Waals surface area contributed by atoms with Gasteiger partial charge in [-0.05, 0) is 92.9 Å². The summed E-state index contributed by atoms with van der Waals surface area (Å²) >= 11 is 0. The quantitative estimate of drug-likeness (QED) is 0.610. The number of allylic oxidation sites excluding steroid dienone is 1. The van der Waals surface area contributed by atoms with Crippen LogP contribution >= 0.6 is 0 Å². The minimum absolute atomic E-state index is 0.0952. The second-order valence-electron chi connectivity index (χ2n) is 10.6. The second kappa shape index (κ2) is 11.9. The van der Waals surface area contributed by atoms with E-state index in [0.717, 1.165) is 95.6 Å². The molecule has 2 aromatic rings. The summed E-state index contributed by atoms with van der Waals surface area (Å²) in [7, 11) is 0. The summed E-state index contributed by atoms with van der Waals surface area (Å²) in [6.07, 6.45) is 11.0. The molecule has 0 aliphatic carbocycles. The van der Waals surface area contributed by atoms with Crippen LogP contribution in [-0.2, 0) is 16.1 Å². The number of nitrogen functional groups attached to an aromatic ring is 1. The third kappa shape index (κ3) is 6.36. The van der Waals surface area contributed by atoms with Crippen LogP contribution in [0.25, 0.3) is 5.57 Å². The number of pyridine rings is 2. The Labute approximate surface area is 219 Å². The molecule has 0 atom stereocenters. The van der Waals surface area contributed by atoms with Crippen molar-refractivity contribution in [3.8, 4) is 0 Å². The summed E-state index contributed by atoms with van der Waals surface area (Å²) in [5.74, 6) is 1.27. The van der Waals surface area contributed by atoms with E-state index in [0.29, 0.717) is 11.7 Å². The van der Waals surface area contributed by atoms with Crippen molar-refractivity contribution in [1.82, 2.24) is 24.7 Å². The van der Waals surface area contributed by atoms with E-state index in [1.165, 1.54) is 5.56 Å². The van der Waals surface area contributed by atoms with Crippen LogP contribution in [0, 0.1) is 11.8 Å². The van der Waals surface area contributed by atoms with Crippen molar-refractivity contribution in [1.29, 1.82) is 0 Å². The van der Waals surface area contributed by atoms with Crippen LogP contribution in [0.5, 0.6) is 0 Å². The number of aromatic nitrogens is 2. The lowest BCUT2D eigenvalue weighted by atomic mass is 9.85. The van der Waals surface area contributed by atoms with E-state index in [9.17, 15) is 9.59 Å². The fourth-order valence-electron chi connectivity index (χ4n) is 5.95. The fraction of sp³-hybridized carbons (Fsp3) is 0.517. The van der Waals surface area contributed by atoms with Crippen LogP contribution in [0.1, 0.15) is 49.8 Å². The van der Waals surface area contributed by atoms with E-state index in [2.05, 4.69) is 19.8 Å². The van der Waals surface area contributed by atoms with Crippen molar-refractivity contribution in [3.63, 3.8) is 0 Å². The zero-order valence-corrected chi connectivity index (χ0v) is 21.6. The van der Waals surface area contributed by atoms with E-state index in [4.69, 9.17) is 5.73 Å². The number of piperidine rings is 2. The number of rotatable bonds is 6. The number of hydrogen-bond acceptors (Lipinski definition) is 6. The molecular weight excluding hydrogens is 464 g/mol. The fourth-order valence-corrected chi connectivity index (χ4v) is 5.95. The predicted octanol–water partition coefficient (Wildman–Crippen LogP) is 3.22. The van der Waals surface area contributed by atoms with Gasteiger partial charge in [0.05, 0.1) is 5.69 Å². The van der Waals surface area contributed by atoms with Crippen LogP contribution in [0.15, 0.2) is 48.8 Å². The largest absolute Gasteiger partial charge is 0.384 e. The predicted molar refractivity (Wildman–Crippen MR) is 144 cm³/mol. The molecule has 5 heterocycles. The van der Waals surface area contributed by atoms with Gasteiger partial charge in [0.2, 0.25) is 11.8 Å². The van der Waals surface area contributed by atoms with Gasteiger partial charge in [0.15, 0.2) is 0 Å². The van der Waals surface area contributed by atoms with Gasteiger partial charge in [0.25, 0.3) is 0 Å². The number of likely N-dealkylation sites (tertiary alicyclic amines) is 3. The molecule has 5 rings (SSSR count). The number of hydrogen-bond donors (Lipinski definition) is 1. The molecule has 0 saturated carbocycles. The van der Waals surface area contributed by atoms with Gasteiger partial charge in [-0.1, -0.05) is 6.07 Å². The first-order chi connectivity index (χ1) is 18.1. The SMILES string of the molecule is Nc1cc(CN2CCC(C(=O)N3CCC(/C(=C/C(=O)N4CCCC4)c4ccccn4)CC3)CC2)ccn1. The van der Waals surface area contributed by atoms with Gasteiger partial charge in [-0.15, -0.1) is 0 Å². The maximum atomic E-state index is 13.4. The molecule has 3 aliphatic heterocycles. The molecule has 2 N–H and O–H groups in total. The number of nitrogens with zero attached hydrogens (tertiary/aromatic N) is 5. The van der Waals surface area contributed by atoms with Crippen LogP contribution < -0.4 is 5.73 Å². The first-order valence-corrected chi connectivity index (χ1v) is 13.7. The van der Waals surface area contributed by atoms with Crippen molar-refractivity contribution in [2.75, 3.05) is 45.0 Å². The molecule has 2 amide bonds. The smallest absolute Gasteiger partial charge is 0.246 e. The van der Waals surface area contributed by atoms with Gasteiger partial charge >= 0.3 is 0 Å². The molecular formula is C29H38N6O2. The Morgan fingerprint density at radius 3 is 2.27 bits per heavy atom. The summed E-state index contributed by atoms with van der Waals surface area (Å²) < 4.78 is 0. The Bertz CT molecular complexity index is 1100. The Hall–Kier alpha value is -3.26. The third-order valence-electron chi connectivity index (χ3n) is 8.09. The molecule has 0 radical (unpaired) electrons. The molecule has 8 nitrogen and oxygen atoms in total. The maximum Gasteiger partial charge on any atom is 0.246 e. The summed E-state index contributed by atoms with van der Waals surface area (Å²) in [6, 6.07) is 9.81. The van der Waals surface area contributed by atoms with Crippen molar-refractivity contribution in [2.45, 2.75) is 45.1 Å². The second-order valence-corrected chi connectivity index (χ2v) is 10.6. The van der Waals surface area contributed by atoms with Crippen molar-refractivity contribution in [2.24, 2.45) is 11.8 Å². The molecule has 0 aromatic carbocycles. The topological polar surface area (TPSA) is 95.7 Å². The number of nitrogens with two attached hydrogens (primary N) is 1. The number of amides is 2. The van der Waals surface area contributed by atoms with Crippen molar-refractivity contribution < 1.29 is 9.59 Å². The van der Waals surface area contributed by atoms with Gasteiger partial charge in [0.1, 0.15) is 5.82 Å². The van der Waals surface area contributed by atoms with E-state index in [1.54, 1.807) is 12.4 Å². The van der Waals surface area contributed by atoms with Gasteiger partial charge in [-0.3, -0.25) is 19.5 Å². The van der Waals surface area contributed by atoms with Gasteiger partial charge < -0.3 is 15.5 Å². The first-order valence-electron chi connectivity index (χ1n) is 13.7. The lowest BCUT2D eigenvalue weighted by molar-refractivity contribution is -0.138. The molecule has 2 aromatic heterocycles. The Morgan fingerprint density at radius 2 is 1.59 bits per heavy atom. The first kappa shape index (κ1) is 25.4. The molecule has 0 spiro atoms. The molecule has 0 unspecified atom stereocenters. The van der Waals surface area contributed by atoms with Crippen molar-refractivity contribution in [3.05, 3.63) is 60.1 Å². The number of carbonyl (C=O) groups excluding carboxylic acids is 2. The minimum atomic E-state index is 0.0952. The molecule has 196 valence electrons. The highest BCUT2D eigenvalue weighted by atomic mass is 16.2. The van der Waals surface area contributed by atoms with Crippen LogP contribution in [-0.4, -0.2) is 75.8 Å². The lowest BCUT2D eigenvalue weighted by Crippen LogP contribution is -2.45. The highest BCUT2D eigenvalue weighted by Crippen LogP contribution is 2.33. The summed E-state index contributed by atoms with van der Waals surface area (Å²) in [5.41, 5.74) is 8.88. The summed E-state index contributed by atoms with van der Waals surface area (Å²) in [4.78, 5) is 41.3.